The minimum absolute atomic E-state index is 0.220. The highest BCUT2D eigenvalue weighted by Crippen LogP contribution is 2.22. The highest BCUT2D eigenvalue weighted by atomic mass is 16.2. The number of carbonyl (C=O) groups excluding carboxylic acids is 1. The first kappa shape index (κ1) is 16.7. The molecule has 3 heterocycles. The molecule has 2 aromatic rings. The van der Waals surface area contributed by atoms with Crippen LogP contribution < -0.4 is 0 Å². The molecule has 2 aromatic heterocycles. The van der Waals surface area contributed by atoms with Crippen LogP contribution in [0.15, 0.2) is 12.4 Å². The van der Waals surface area contributed by atoms with Crippen LogP contribution in [0.2, 0.25) is 0 Å². The van der Waals surface area contributed by atoms with Crippen molar-refractivity contribution in [1.82, 2.24) is 24.2 Å². The molecule has 6 heteroatoms. The Hall–Kier alpha value is -2.11. The lowest BCUT2D eigenvalue weighted by atomic mass is 10.1. The summed E-state index contributed by atoms with van der Waals surface area (Å²) in [6, 6.07) is 0.271. The molecule has 0 radical (unpaired) electrons. The maximum Gasteiger partial charge on any atom is 0.227 e. The molecular weight excluding hydrogens is 302 g/mol. The van der Waals surface area contributed by atoms with E-state index in [0.717, 1.165) is 55.3 Å². The van der Waals surface area contributed by atoms with Gasteiger partial charge in [0.15, 0.2) is 0 Å². The standard InChI is InChI=1S/C18H27N5O/c1-5-23-14(3)17(13(2)20-23)11-18(24)22-9-6-7-16(22)12-21-10-8-19-15(21)4/h8,10,16H,5-7,9,11-12H2,1-4H3. The molecule has 1 fully saturated rings. The fourth-order valence-corrected chi connectivity index (χ4v) is 3.73. The molecule has 0 saturated carbocycles. The number of aryl methyl sites for hydroxylation is 3. The SMILES string of the molecule is CCn1nc(C)c(CC(=O)N2CCCC2Cn2ccnc2C)c1C. The fraction of sp³-hybridized carbons (Fsp3) is 0.611. The van der Waals surface area contributed by atoms with Gasteiger partial charge in [-0.1, -0.05) is 0 Å². The Kier molecular flexibility index (Phi) is 4.73. The van der Waals surface area contributed by atoms with Gasteiger partial charge in [0.1, 0.15) is 5.82 Å². The Labute approximate surface area is 143 Å². The Bertz CT molecular complexity index is 730. The number of hydrogen-bond donors (Lipinski definition) is 0. The summed E-state index contributed by atoms with van der Waals surface area (Å²) in [5.74, 6) is 1.22. The van der Waals surface area contributed by atoms with Crippen molar-refractivity contribution in [2.75, 3.05) is 6.54 Å². The molecule has 1 aliphatic heterocycles. The molecule has 1 unspecified atom stereocenters. The predicted octanol–water partition coefficient (Wildman–Crippen LogP) is 2.26. The summed E-state index contributed by atoms with van der Waals surface area (Å²) in [5.41, 5.74) is 3.18. The van der Waals surface area contributed by atoms with Gasteiger partial charge in [-0.25, -0.2) is 4.98 Å². The van der Waals surface area contributed by atoms with E-state index in [-0.39, 0.29) is 11.9 Å². The average molecular weight is 329 g/mol. The Balaban J connectivity index is 1.72. The van der Waals surface area contributed by atoms with Gasteiger partial charge in [0.25, 0.3) is 0 Å². The third-order valence-corrected chi connectivity index (χ3v) is 5.19. The second kappa shape index (κ2) is 6.79. The summed E-state index contributed by atoms with van der Waals surface area (Å²) >= 11 is 0. The van der Waals surface area contributed by atoms with Crippen LogP contribution >= 0.6 is 0 Å². The molecule has 0 spiro atoms. The number of aromatic nitrogens is 4. The summed E-state index contributed by atoms with van der Waals surface area (Å²) in [4.78, 5) is 19.2. The van der Waals surface area contributed by atoms with E-state index in [2.05, 4.69) is 33.4 Å². The summed E-state index contributed by atoms with van der Waals surface area (Å²) in [7, 11) is 0. The smallest absolute Gasteiger partial charge is 0.227 e. The minimum atomic E-state index is 0.220. The summed E-state index contributed by atoms with van der Waals surface area (Å²) < 4.78 is 4.12. The predicted molar refractivity (Wildman–Crippen MR) is 92.8 cm³/mol. The molecule has 0 aliphatic carbocycles. The zero-order valence-electron chi connectivity index (χ0n) is 15.1. The Morgan fingerprint density at radius 1 is 1.33 bits per heavy atom. The number of amides is 1. The number of carbonyl (C=O) groups is 1. The molecule has 1 saturated heterocycles. The van der Waals surface area contributed by atoms with Gasteiger partial charge in [-0.3, -0.25) is 9.48 Å². The van der Waals surface area contributed by atoms with Crippen molar-refractivity contribution in [2.24, 2.45) is 0 Å². The van der Waals surface area contributed by atoms with Gasteiger partial charge in [0, 0.05) is 49.3 Å². The Morgan fingerprint density at radius 3 is 2.75 bits per heavy atom. The van der Waals surface area contributed by atoms with Crippen LogP contribution in [0.3, 0.4) is 0 Å². The van der Waals surface area contributed by atoms with E-state index in [1.807, 2.05) is 30.9 Å². The van der Waals surface area contributed by atoms with Crippen molar-refractivity contribution in [3.63, 3.8) is 0 Å². The number of imidazole rings is 1. The van der Waals surface area contributed by atoms with E-state index >= 15 is 0 Å². The van der Waals surface area contributed by atoms with Gasteiger partial charge in [-0.15, -0.1) is 0 Å². The fourth-order valence-electron chi connectivity index (χ4n) is 3.73. The molecule has 0 bridgehead atoms. The second-order valence-corrected chi connectivity index (χ2v) is 6.65. The number of likely N-dealkylation sites (tertiary alicyclic amines) is 1. The van der Waals surface area contributed by atoms with Crippen molar-refractivity contribution in [3.8, 4) is 0 Å². The monoisotopic (exact) mass is 329 g/mol. The highest BCUT2D eigenvalue weighted by Gasteiger charge is 2.30. The molecule has 0 aromatic carbocycles. The molecule has 24 heavy (non-hydrogen) atoms. The van der Waals surface area contributed by atoms with E-state index in [1.54, 1.807) is 0 Å². The zero-order chi connectivity index (χ0) is 17.3. The largest absolute Gasteiger partial charge is 0.338 e. The first-order valence-corrected chi connectivity index (χ1v) is 8.81. The lowest BCUT2D eigenvalue weighted by molar-refractivity contribution is -0.131. The maximum absolute atomic E-state index is 12.9. The van der Waals surface area contributed by atoms with Crippen LogP contribution in [-0.2, 0) is 24.3 Å². The van der Waals surface area contributed by atoms with Gasteiger partial charge in [-0.2, -0.15) is 5.10 Å². The zero-order valence-corrected chi connectivity index (χ0v) is 15.1. The van der Waals surface area contributed by atoms with E-state index < -0.39 is 0 Å². The molecule has 1 atom stereocenters. The normalized spacial score (nSPS) is 17.7. The quantitative estimate of drug-likeness (QED) is 0.845. The van der Waals surface area contributed by atoms with Gasteiger partial charge in [-0.05, 0) is 40.5 Å². The Morgan fingerprint density at radius 2 is 2.12 bits per heavy atom. The van der Waals surface area contributed by atoms with Gasteiger partial charge in [0.2, 0.25) is 5.91 Å². The molecular formula is C18H27N5O. The third kappa shape index (κ3) is 3.09. The van der Waals surface area contributed by atoms with E-state index in [4.69, 9.17) is 0 Å². The molecule has 3 rings (SSSR count). The van der Waals surface area contributed by atoms with Crippen molar-refractivity contribution in [2.45, 2.75) is 66.1 Å². The van der Waals surface area contributed by atoms with Crippen LogP contribution in [0.5, 0.6) is 0 Å². The first-order valence-electron chi connectivity index (χ1n) is 8.81. The summed E-state index contributed by atoms with van der Waals surface area (Å²) in [6.07, 6.45) is 6.42. The van der Waals surface area contributed by atoms with Gasteiger partial charge in [0.05, 0.1) is 12.1 Å². The second-order valence-electron chi connectivity index (χ2n) is 6.65. The summed E-state index contributed by atoms with van der Waals surface area (Å²) in [5, 5.41) is 4.53. The van der Waals surface area contributed by atoms with Crippen LogP contribution in [0, 0.1) is 20.8 Å². The van der Waals surface area contributed by atoms with Crippen molar-refractivity contribution < 1.29 is 4.79 Å². The van der Waals surface area contributed by atoms with E-state index in [1.165, 1.54) is 0 Å². The van der Waals surface area contributed by atoms with Gasteiger partial charge >= 0.3 is 0 Å². The lowest BCUT2D eigenvalue weighted by Gasteiger charge is -2.25. The first-order chi connectivity index (χ1) is 11.5. The van der Waals surface area contributed by atoms with Crippen LogP contribution in [-0.4, -0.2) is 42.7 Å². The number of rotatable bonds is 5. The van der Waals surface area contributed by atoms with Gasteiger partial charge < -0.3 is 9.47 Å². The topological polar surface area (TPSA) is 56.0 Å². The lowest BCUT2D eigenvalue weighted by Crippen LogP contribution is -2.39. The van der Waals surface area contributed by atoms with Crippen LogP contribution in [0.4, 0.5) is 0 Å². The highest BCUT2D eigenvalue weighted by molar-refractivity contribution is 5.80. The molecule has 6 nitrogen and oxygen atoms in total. The molecule has 1 amide bonds. The van der Waals surface area contributed by atoms with Crippen molar-refractivity contribution >= 4 is 5.91 Å². The molecule has 0 N–H and O–H groups in total. The van der Waals surface area contributed by atoms with Crippen molar-refractivity contribution in [1.29, 1.82) is 0 Å². The number of nitrogens with zero attached hydrogens (tertiary/aromatic N) is 5. The van der Waals surface area contributed by atoms with Crippen LogP contribution in [0.25, 0.3) is 0 Å². The summed E-state index contributed by atoms with van der Waals surface area (Å²) in [6.45, 7) is 10.7. The minimum Gasteiger partial charge on any atom is -0.338 e. The maximum atomic E-state index is 12.9. The van der Waals surface area contributed by atoms with E-state index in [9.17, 15) is 4.79 Å². The van der Waals surface area contributed by atoms with Crippen molar-refractivity contribution in [3.05, 3.63) is 35.2 Å². The average Bonchev–Trinajstić information content (AvgIpc) is 3.24. The molecule has 130 valence electrons. The molecule has 1 aliphatic rings. The number of hydrogen-bond acceptors (Lipinski definition) is 3. The third-order valence-electron chi connectivity index (χ3n) is 5.19. The van der Waals surface area contributed by atoms with Crippen LogP contribution in [0.1, 0.15) is 42.5 Å². The van der Waals surface area contributed by atoms with E-state index in [0.29, 0.717) is 6.42 Å².